The number of benzene rings is 2. The van der Waals surface area contributed by atoms with Gasteiger partial charge in [0.2, 0.25) is 5.91 Å². The van der Waals surface area contributed by atoms with Gasteiger partial charge in [0.15, 0.2) is 5.96 Å². The van der Waals surface area contributed by atoms with E-state index in [4.69, 9.17) is 4.74 Å². The number of hydrogen-bond donors (Lipinski definition) is 3. The molecule has 1 atom stereocenters. The second kappa shape index (κ2) is 11.0. The molecular weight excluding hydrogens is 479 g/mol. The first kappa shape index (κ1) is 23.0. The minimum Gasteiger partial charge on any atom is -0.491 e. The van der Waals surface area contributed by atoms with E-state index in [-0.39, 0.29) is 35.8 Å². The summed E-state index contributed by atoms with van der Waals surface area (Å²) in [4.78, 5) is 16.2. The van der Waals surface area contributed by atoms with Crippen molar-refractivity contribution in [2.24, 2.45) is 4.99 Å². The molecule has 1 heterocycles. The fourth-order valence-electron chi connectivity index (χ4n) is 3.47. The molecule has 0 fully saturated rings. The van der Waals surface area contributed by atoms with E-state index in [1.807, 2.05) is 24.3 Å². The first-order valence-electron chi connectivity index (χ1n) is 9.60. The number of amides is 1. The number of guanidine groups is 1. The molecule has 1 aliphatic rings. The fourth-order valence-corrected chi connectivity index (χ4v) is 3.47. The molecule has 2 aromatic rings. The molecule has 156 valence electrons. The lowest BCUT2D eigenvalue weighted by Crippen LogP contribution is -2.42. The van der Waals surface area contributed by atoms with Gasteiger partial charge in [-0.05, 0) is 36.6 Å². The van der Waals surface area contributed by atoms with Crippen LogP contribution in [0.4, 0.5) is 5.69 Å². The highest BCUT2D eigenvalue weighted by Gasteiger charge is 2.24. The lowest BCUT2D eigenvalue weighted by Gasteiger charge is -2.26. The molecule has 2 aromatic carbocycles. The van der Waals surface area contributed by atoms with Crippen molar-refractivity contribution in [3.05, 3.63) is 59.2 Å². The summed E-state index contributed by atoms with van der Waals surface area (Å²) < 4.78 is 5.92. The minimum atomic E-state index is 0. The number of carbonyl (C=O) groups excluding carboxylic acids is 1. The SMILES string of the molecule is CN=C(NCCOc1c(C)cccc1C)NCC1CC(=O)Nc2ccccc21.I. The zero-order valence-electron chi connectivity index (χ0n) is 17.1. The van der Waals surface area contributed by atoms with Crippen molar-refractivity contribution >= 4 is 41.5 Å². The highest BCUT2D eigenvalue weighted by Crippen LogP contribution is 2.31. The molecular formula is C22H29IN4O2. The van der Waals surface area contributed by atoms with Crippen molar-refractivity contribution in [2.75, 3.05) is 32.1 Å². The van der Waals surface area contributed by atoms with E-state index in [2.05, 4.69) is 53.0 Å². The van der Waals surface area contributed by atoms with E-state index in [9.17, 15) is 4.79 Å². The molecule has 0 bridgehead atoms. The largest absolute Gasteiger partial charge is 0.491 e. The van der Waals surface area contributed by atoms with Crippen molar-refractivity contribution in [1.29, 1.82) is 0 Å². The Labute approximate surface area is 189 Å². The Morgan fingerprint density at radius 2 is 1.86 bits per heavy atom. The van der Waals surface area contributed by atoms with Crippen molar-refractivity contribution in [3.63, 3.8) is 0 Å². The number of hydrogen-bond acceptors (Lipinski definition) is 3. The van der Waals surface area contributed by atoms with Crippen LogP contribution in [0.2, 0.25) is 0 Å². The molecule has 29 heavy (non-hydrogen) atoms. The summed E-state index contributed by atoms with van der Waals surface area (Å²) in [5, 5.41) is 9.52. The lowest BCUT2D eigenvalue weighted by atomic mass is 9.90. The Morgan fingerprint density at radius 1 is 1.14 bits per heavy atom. The highest BCUT2D eigenvalue weighted by atomic mass is 127. The van der Waals surface area contributed by atoms with Gasteiger partial charge in [-0.25, -0.2) is 0 Å². The van der Waals surface area contributed by atoms with E-state index in [0.717, 1.165) is 28.1 Å². The van der Waals surface area contributed by atoms with Crippen LogP contribution in [0.25, 0.3) is 0 Å². The quantitative estimate of drug-likeness (QED) is 0.241. The summed E-state index contributed by atoms with van der Waals surface area (Å²) in [6.45, 7) is 5.92. The molecule has 0 aliphatic carbocycles. The Bertz CT molecular complexity index is 849. The standard InChI is InChI=1S/C22H28N4O2.HI/c1-15-7-6-8-16(2)21(15)28-12-11-24-22(23-3)25-14-17-13-20(27)26-19-10-5-4-9-18(17)19;/h4-10,17H,11-14H2,1-3H3,(H,26,27)(H2,23,24,25);1H. The van der Waals surface area contributed by atoms with Crippen molar-refractivity contribution in [1.82, 2.24) is 10.6 Å². The van der Waals surface area contributed by atoms with Crippen LogP contribution in [0.15, 0.2) is 47.5 Å². The monoisotopic (exact) mass is 508 g/mol. The van der Waals surface area contributed by atoms with Crippen molar-refractivity contribution in [2.45, 2.75) is 26.2 Å². The van der Waals surface area contributed by atoms with Gasteiger partial charge < -0.3 is 20.7 Å². The van der Waals surface area contributed by atoms with Crippen LogP contribution in [0, 0.1) is 13.8 Å². The maximum absolute atomic E-state index is 11.9. The number of nitrogens with zero attached hydrogens (tertiary/aromatic N) is 1. The van der Waals surface area contributed by atoms with Crippen LogP contribution >= 0.6 is 24.0 Å². The number of fused-ring (bicyclic) bond motifs is 1. The maximum atomic E-state index is 11.9. The van der Waals surface area contributed by atoms with Crippen LogP contribution in [-0.4, -0.2) is 38.6 Å². The van der Waals surface area contributed by atoms with Gasteiger partial charge in [0, 0.05) is 31.6 Å². The van der Waals surface area contributed by atoms with Gasteiger partial charge >= 0.3 is 0 Å². The Kier molecular flexibility index (Phi) is 8.75. The second-order valence-electron chi connectivity index (χ2n) is 6.99. The van der Waals surface area contributed by atoms with E-state index >= 15 is 0 Å². The lowest BCUT2D eigenvalue weighted by molar-refractivity contribution is -0.116. The smallest absolute Gasteiger partial charge is 0.225 e. The summed E-state index contributed by atoms with van der Waals surface area (Å²) >= 11 is 0. The third-order valence-corrected chi connectivity index (χ3v) is 4.90. The average molecular weight is 508 g/mol. The zero-order valence-corrected chi connectivity index (χ0v) is 19.4. The predicted molar refractivity (Wildman–Crippen MR) is 129 cm³/mol. The third-order valence-electron chi connectivity index (χ3n) is 4.90. The number of aliphatic imine (C=N–C) groups is 1. The number of anilines is 1. The maximum Gasteiger partial charge on any atom is 0.225 e. The zero-order chi connectivity index (χ0) is 19.9. The van der Waals surface area contributed by atoms with Gasteiger partial charge in [0.1, 0.15) is 12.4 Å². The number of ether oxygens (including phenoxy) is 1. The molecule has 0 saturated carbocycles. The van der Waals surface area contributed by atoms with Crippen LogP contribution < -0.4 is 20.7 Å². The van der Waals surface area contributed by atoms with Crippen LogP contribution in [-0.2, 0) is 4.79 Å². The first-order valence-corrected chi connectivity index (χ1v) is 9.60. The number of nitrogens with one attached hydrogen (secondary N) is 3. The van der Waals surface area contributed by atoms with Gasteiger partial charge in [-0.15, -0.1) is 24.0 Å². The molecule has 7 heteroatoms. The summed E-state index contributed by atoms with van der Waals surface area (Å²) in [6.07, 6.45) is 0.469. The molecule has 0 spiro atoms. The number of aryl methyl sites for hydroxylation is 2. The summed E-state index contributed by atoms with van der Waals surface area (Å²) in [7, 11) is 1.74. The summed E-state index contributed by atoms with van der Waals surface area (Å²) in [6, 6.07) is 14.1. The molecule has 0 aromatic heterocycles. The molecule has 3 rings (SSSR count). The van der Waals surface area contributed by atoms with Crippen LogP contribution in [0.1, 0.15) is 29.0 Å². The van der Waals surface area contributed by atoms with E-state index in [1.54, 1.807) is 7.05 Å². The topological polar surface area (TPSA) is 74.8 Å². The molecule has 6 nitrogen and oxygen atoms in total. The second-order valence-corrected chi connectivity index (χ2v) is 6.99. The van der Waals surface area contributed by atoms with E-state index in [1.165, 1.54) is 0 Å². The van der Waals surface area contributed by atoms with Gasteiger partial charge in [-0.3, -0.25) is 9.79 Å². The fraction of sp³-hybridized carbons (Fsp3) is 0.364. The minimum absolute atomic E-state index is 0. The van der Waals surface area contributed by atoms with Gasteiger partial charge in [0.25, 0.3) is 0 Å². The number of halogens is 1. The molecule has 0 radical (unpaired) electrons. The predicted octanol–water partition coefficient (Wildman–Crippen LogP) is 3.59. The molecule has 1 amide bonds. The first-order chi connectivity index (χ1) is 13.6. The van der Waals surface area contributed by atoms with Crippen LogP contribution in [0.3, 0.4) is 0 Å². The Morgan fingerprint density at radius 3 is 2.59 bits per heavy atom. The van der Waals surface area contributed by atoms with Gasteiger partial charge in [-0.1, -0.05) is 36.4 Å². The number of rotatable bonds is 6. The van der Waals surface area contributed by atoms with Gasteiger partial charge in [0.05, 0.1) is 6.54 Å². The van der Waals surface area contributed by atoms with E-state index in [0.29, 0.717) is 32.1 Å². The van der Waals surface area contributed by atoms with Crippen molar-refractivity contribution < 1.29 is 9.53 Å². The Balaban J connectivity index is 0.00000300. The van der Waals surface area contributed by atoms with Crippen molar-refractivity contribution in [3.8, 4) is 5.75 Å². The summed E-state index contributed by atoms with van der Waals surface area (Å²) in [5.74, 6) is 1.82. The normalized spacial score (nSPS) is 15.6. The summed E-state index contributed by atoms with van der Waals surface area (Å²) in [5.41, 5.74) is 4.33. The highest BCUT2D eigenvalue weighted by molar-refractivity contribution is 14.0. The third kappa shape index (κ3) is 6.09. The number of carbonyl (C=O) groups is 1. The molecule has 3 N–H and O–H groups in total. The average Bonchev–Trinajstić information content (AvgIpc) is 2.69. The van der Waals surface area contributed by atoms with E-state index < -0.39 is 0 Å². The Hall–Kier alpha value is -2.29. The molecule has 1 aliphatic heterocycles. The number of para-hydroxylation sites is 2. The molecule has 0 saturated heterocycles. The van der Waals surface area contributed by atoms with Crippen LogP contribution in [0.5, 0.6) is 5.75 Å². The van der Waals surface area contributed by atoms with Gasteiger partial charge in [-0.2, -0.15) is 0 Å². The molecule has 1 unspecified atom stereocenters.